The monoisotopic (exact) mass is 167 g/mol. The lowest BCUT2D eigenvalue weighted by Crippen LogP contribution is -2.34. The molecule has 0 amide bonds. The first-order valence-corrected chi connectivity index (χ1v) is 4.72. The summed E-state index contributed by atoms with van der Waals surface area (Å²) < 4.78 is 5.20. The molecule has 2 saturated heterocycles. The van der Waals surface area contributed by atoms with Gasteiger partial charge in [-0.15, -0.1) is 0 Å². The summed E-state index contributed by atoms with van der Waals surface area (Å²) >= 11 is 0. The average Bonchev–Trinajstić information content (AvgIpc) is 2.52. The number of ether oxygens (including phenoxy) is 1. The molecule has 2 aliphatic heterocycles. The normalized spacial score (nSPS) is 35.9. The summed E-state index contributed by atoms with van der Waals surface area (Å²) in [4.78, 5) is 2.56. The fraction of sp³-hybridized carbons (Fsp3) is 0.800. The SMILES string of the molecule is C=C1C[C@H]2CC[C@H](COC)N2C1. The summed E-state index contributed by atoms with van der Waals surface area (Å²) in [6.07, 6.45) is 3.87. The van der Waals surface area contributed by atoms with Crippen LogP contribution in [0.3, 0.4) is 0 Å². The molecular weight excluding hydrogens is 150 g/mol. The second kappa shape index (κ2) is 3.19. The van der Waals surface area contributed by atoms with Crippen LogP contribution in [0.25, 0.3) is 0 Å². The largest absolute Gasteiger partial charge is 0.383 e. The van der Waals surface area contributed by atoms with Crippen molar-refractivity contribution in [2.45, 2.75) is 31.3 Å². The first-order chi connectivity index (χ1) is 5.81. The molecule has 0 unspecified atom stereocenters. The van der Waals surface area contributed by atoms with Gasteiger partial charge in [0.2, 0.25) is 0 Å². The summed E-state index contributed by atoms with van der Waals surface area (Å²) in [6, 6.07) is 1.46. The van der Waals surface area contributed by atoms with Gasteiger partial charge < -0.3 is 4.74 Å². The van der Waals surface area contributed by atoms with Crippen LogP contribution in [0.5, 0.6) is 0 Å². The van der Waals surface area contributed by atoms with Crippen LogP contribution in [0, 0.1) is 0 Å². The van der Waals surface area contributed by atoms with E-state index in [1.165, 1.54) is 24.8 Å². The first kappa shape index (κ1) is 8.27. The van der Waals surface area contributed by atoms with Crippen molar-refractivity contribution in [3.05, 3.63) is 12.2 Å². The van der Waals surface area contributed by atoms with Gasteiger partial charge in [-0.25, -0.2) is 0 Å². The van der Waals surface area contributed by atoms with E-state index in [0.29, 0.717) is 6.04 Å². The van der Waals surface area contributed by atoms with Gasteiger partial charge >= 0.3 is 0 Å². The molecule has 2 heteroatoms. The van der Waals surface area contributed by atoms with Crippen molar-refractivity contribution in [3.8, 4) is 0 Å². The molecule has 2 fully saturated rings. The van der Waals surface area contributed by atoms with E-state index in [9.17, 15) is 0 Å². The molecule has 0 aromatic heterocycles. The van der Waals surface area contributed by atoms with E-state index >= 15 is 0 Å². The maximum absolute atomic E-state index is 5.20. The first-order valence-electron chi connectivity index (χ1n) is 4.72. The van der Waals surface area contributed by atoms with Gasteiger partial charge in [0.1, 0.15) is 0 Å². The van der Waals surface area contributed by atoms with Gasteiger partial charge in [0.05, 0.1) is 6.61 Å². The molecule has 2 heterocycles. The smallest absolute Gasteiger partial charge is 0.0618 e. The highest BCUT2D eigenvalue weighted by Crippen LogP contribution is 2.34. The van der Waals surface area contributed by atoms with Crippen molar-refractivity contribution in [3.63, 3.8) is 0 Å². The van der Waals surface area contributed by atoms with Crippen molar-refractivity contribution in [1.29, 1.82) is 0 Å². The molecule has 0 radical (unpaired) electrons. The average molecular weight is 167 g/mol. The van der Waals surface area contributed by atoms with E-state index in [0.717, 1.165) is 19.2 Å². The molecular formula is C10H17NO. The fourth-order valence-corrected chi connectivity index (χ4v) is 2.52. The lowest BCUT2D eigenvalue weighted by molar-refractivity contribution is 0.115. The molecule has 68 valence electrons. The van der Waals surface area contributed by atoms with Gasteiger partial charge in [0.25, 0.3) is 0 Å². The van der Waals surface area contributed by atoms with Crippen LogP contribution in [-0.4, -0.2) is 37.2 Å². The molecule has 0 aromatic carbocycles. The van der Waals surface area contributed by atoms with Crippen LogP contribution in [0.2, 0.25) is 0 Å². The molecule has 2 aliphatic rings. The molecule has 0 saturated carbocycles. The van der Waals surface area contributed by atoms with E-state index < -0.39 is 0 Å². The third kappa shape index (κ3) is 1.29. The van der Waals surface area contributed by atoms with Crippen molar-refractivity contribution >= 4 is 0 Å². The van der Waals surface area contributed by atoms with Crippen molar-refractivity contribution < 1.29 is 4.74 Å². The number of hydrogen-bond acceptors (Lipinski definition) is 2. The second-order valence-corrected chi connectivity index (χ2v) is 3.97. The highest BCUT2D eigenvalue weighted by molar-refractivity contribution is 5.11. The zero-order valence-corrected chi connectivity index (χ0v) is 7.75. The summed E-state index contributed by atoms with van der Waals surface area (Å²) in [5.74, 6) is 0. The van der Waals surface area contributed by atoms with Gasteiger partial charge in [0, 0.05) is 25.7 Å². The predicted molar refractivity (Wildman–Crippen MR) is 49.1 cm³/mol. The van der Waals surface area contributed by atoms with Gasteiger partial charge in [-0.1, -0.05) is 12.2 Å². The van der Waals surface area contributed by atoms with E-state index in [1.54, 1.807) is 7.11 Å². The lowest BCUT2D eigenvalue weighted by atomic mass is 10.1. The Hall–Kier alpha value is -0.340. The van der Waals surface area contributed by atoms with Gasteiger partial charge in [-0.05, 0) is 19.3 Å². The molecule has 2 rings (SSSR count). The Morgan fingerprint density at radius 1 is 1.58 bits per heavy atom. The van der Waals surface area contributed by atoms with E-state index in [1.807, 2.05) is 0 Å². The van der Waals surface area contributed by atoms with Crippen LogP contribution >= 0.6 is 0 Å². The van der Waals surface area contributed by atoms with Crippen LogP contribution < -0.4 is 0 Å². The predicted octanol–water partition coefficient (Wildman–Crippen LogP) is 1.43. The minimum absolute atomic E-state index is 0.666. The third-order valence-electron chi connectivity index (χ3n) is 3.06. The van der Waals surface area contributed by atoms with E-state index in [2.05, 4.69) is 11.5 Å². The van der Waals surface area contributed by atoms with Crippen molar-refractivity contribution in [1.82, 2.24) is 4.90 Å². The zero-order chi connectivity index (χ0) is 8.55. The Bertz CT molecular complexity index is 188. The van der Waals surface area contributed by atoms with Crippen LogP contribution in [0.4, 0.5) is 0 Å². The summed E-state index contributed by atoms with van der Waals surface area (Å²) in [7, 11) is 1.79. The topological polar surface area (TPSA) is 12.5 Å². The van der Waals surface area contributed by atoms with Crippen molar-refractivity contribution in [2.75, 3.05) is 20.3 Å². The van der Waals surface area contributed by atoms with Gasteiger partial charge in [-0.3, -0.25) is 4.90 Å². The van der Waals surface area contributed by atoms with Crippen LogP contribution in [0.15, 0.2) is 12.2 Å². The Morgan fingerprint density at radius 3 is 3.17 bits per heavy atom. The van der Waals surface area contributed by atoms with Crippen LogP contribution in [0.1, 0.15) is 19.3 Å². The molecule has 0 N–H and O–H groups in total. The minimum atomic E-state index is 0.666. The summed E-state index contributed by atoms with van der Waals surface area (Å²) in [5, 5.41) is 0. The Labute approximate surface area is 74.2 Å². The molecule has 2 atom stereocenters. The molecule has 12 heavy (non-hydrogen) atoms. The van der Waals surface area contributed by atoms with Crippen molar-refractivity contribution in [2.24, 2.45) is 0 Å². The molecule has 0 aromatic rings. The molecule has 0 aliphatic carbocycles. The molecule has 0 spiro atoms. The number of fused-ring (bicyclic) bond motifs is 1. The molecule has 2 nitrogen and oxygen atoms in total. The number of methoxy groups -OCH3 is 1. The maximum atomic E-state index is 5.20. The Morgan fingerprint density at radius 2 is 2.42 bits per heavy atom. The number of hydrogen-bond donors (Lipinski definition) is 0. The second-order valence-electron chi connectivity index (χ2n) is 3.97. The Balaban J connectivity index is 1.98. The zero-order valence-electron chi connectivity index (χ0n) is 7.75. The number of nitrogens with zero attached hydrogens (tertiary/aromatic N) is 1. The lowest BCUT2D eigenvalue weighted by Gasteiger charge is -2.22. The number of rotatable bonds is 2. The van der Waals surface area contributed by atoms with E-state index in [4.69, 9.17) is 4.74 Å². The third-order valence-corrected chi connectivity index (χ3v) is 3.06. The van der Waals surface area contributed by atoms with Gasteiger partial charge in [0.15, 0.2) is 0 Å². The standard InChI is InChI=1S/C10H17NO/c1-8-5-9-3-4-10(7-12-2)11(9)6-8/h9-10H,1,3-7H2,2H3/t9-,10-/m1/s1. The summed E-state index contributed by atoms with van der Waals surface area (Å²) in [5.41, 5.74) is 1.40. The Kier molecular flexibility index (Phi) is 2.20. The minimum Gasteiger partial charge on any atom is -0.383 e. The van der Waals surface area contributed by atoms with E-state index in [-0.39, 0.29) is 0 Å². The quantitative estimate of drug-likeness (QED) is 0.577. The summed E-state index contributed by atoms with van der Waals surface area (Å²) in [6.45, 7) is 6.05. The van der Waals surface area contributed by atoms with Gasteiger partial charge in [-0.2, -0.15) is 0 Å². The maximum Gasteiger partial charge on any atom is 0.0618 e. The fourth-order valence-electron chi connectivity index (χ4n) is 2.52. The molecule has 0 bridgehead atoms. The van der Waals surface area contributed by atoms with Crippen LogP contribution in [-0.2, 0) is 4.74 Å². The highest BCUT2D eigenvalue weighted by Gasteiger charge is 2.37. The highest BCUT2D eigenvalue weighted by atomic mass is 16.5.